The van der Waals surface area contributed by atoms with E-state index in [4.69, 9.17) is 9.47 Å². The van der Waals surface area contributed by atoms with Crippen molar-refractivity contribution in [3.05, 3.63) is 53.9 Å². The number of nitrogens with one attached hydrogen (secondary N) is 1. The molecule has 1 atom stereocenters. The lowest BCUT2D eigenvalue weighted by atomic mass is 10.2. The maximum absolute atomic E-state index is 12.8. The molecule has 2 heterocycles. The van der Waals surface area contributed by atoms with Crippen molar-refractivity contribution in [2.24, 2.45) is 0 Å². The first-order valence-corrected chi connectivity index (χ1v) is 10.2. The molecular weight excluding hydrogens is 366 g/mol. The van der Waals surface area contributed by atoms with Gasteiger partial charge in [-0.25, -0.2) is 4.98 Å². The first-order chi connectivity index (χ1) is 14.1. The molecule has 1 amide bonds. The van der Waals surface area contributed by atoms with Crippen LogP contribution in [0.1, 0.15) is 31.2 Å². The Labute approximate surface area is 170 Å². The molecule has 1 unspecified atom stereocenters. The van der Waals surface area contributed by atoms with E-state index >= 15 is 0 Å². The second-order valence-electron chi connectivity index (χ2n) is 7.45. The molecule has 0 saturated carbocycles. The van der Waals surface area contributed by atoms with Crippen molar-refractivity contribution in [1.29, 1.82) is 0 Å². The van der Waals surface area contributed by atoms with Crippen LogP contribution in [-0.2, 0) is 22.5 Å². The van der Waals surface area contributed by atoms with Crippen LogP contribution >= 0.6 is 0 Å². The van der Waals surface area contributed by atoms with Crippen molar-refractivity contribution in [2.75, 3.05) is 18.5 Å². The molecule has 0 spiro atoms. The van der Waals surface area contributed by atoms with E-state index in [0.29, 0.717) is 18.0 Å². The van der Waals surface area contributed by atoms with Crippen LogP contribution in [0.4, 0.5) is 5.69 Å². The number of ether oxygens (including phenoxy) is 2. The number of rotatable bonds is 7. The molecule has 1 aliphatic rings. The van der Waals surface area contributed by atoms with E-state index in [1.165, 1.54) is 0 Å². The zero-order valence-corrected chi connectivity index (χ0v) is 17.0. The van der Waals surface area contributed by atoms with Gasteiger partial charge in [0, 0.05) is 13.0 Å². The molecule has 1 saturated heterocycles. The van der Waals surface area contributed by atoms with Gasteiger partial charge in [0.15, 0.2) is 0 Å². The predicted molar refractivity (Wildman–Crippen MR) is 113 cm³/mol. The van der Waals surface area contributed by atoms with Crippen molar-refractivity contribution in [1.82, 2.24) is 9.55 Å². The lowest BCUT2D eigenvalue weighted by Crippen LogP contribution is -2.21. The molecule has 1 aliphatic heterocycles. The zero-order valence-electron chi connectivity index (χ0n) is 17.0. The number of carbonyl (C=O) groups is 1. The SMILES string of the molecule is CCc1nc2ccccc2n1CC(=O)Nc1ccc(C)cc1OCC1CCCO1. The highest BCUT2D eigenvalue weighted by Crippen LogP contribution is 2.27. The largest absolute Gasteiger partial charge is 0.489 e. The second-order valence-corrected chi connectivity index (χ2v) is 7.45. The average molecular weight is 393 g/mol. The topological polar surface area (TPSA) is 65.4 Å². The molecular formula is C23H27N3O3. The average Bonchev–Trinajstić information content (AvgIpc) is 3.36. The fourth-order valence-corrected chi connectivity index (χ4v) is 3.72. The summed E-state index contributed by atoms with van der Waals surface area (Å²) in [5.41, 5.74) is 3.65. The summed E-state index contributed by atoms with van der Waals surface area (Å²) in [7, 11) is 0. The molecule has 2 aromatic carbocycles. The summed E-state index contributed by atoms with van der Waals surface area (Å²) in [4.78, 5) is 17.5. The van der Waals surface area contributed by atoms with Crippen molar-refractivity contribution in [2.45, 2.75) is 45.8 Å². The van der Waals surface area contributed by atoms with Gasteiger partial charge in [0.1, 0.15) is 24.7 Å². The van der Waals surface area contributed by atoms with Gasteiger partial charge in [-0.2, -0.15) is 0 Å². The smallest absolute Gasteiger partial charge is 0.244 e. The molecule has 29 heavy (non-hydrogen) atoms. The van der Waals surface area contributed by atoms with Gasteiger partial charge in [-0.1, -0.05) is 25.1 Å². The standard InChI is InChI=1S/C23H27N3O3/c1-3-22-24-18-8-4-5-9-20(18)26(22)14-23(27)25-19-11-10-16(2)13-21(19)29-15-17-7-6-12-28-17/h4-5,8-11,13,17H,3,6-7,12,14-15H2,1-2H3,(H,25,27). The molecule has 152 valence electrons. The lowest BCUT2D eigenvalue weighted by molar-refractivity contribution is -0.116. The van der Waals surface area contributed by atoms with Crippen LogP contribution in [0.25, 0.3) is 11.0 Å². The highest BCUT2D eigenvalue weighted by Gasteiger charge is 2.18. The fraction of sp³-hybridized carbons (Fsp3) is 0.391. The Balaban J connectivity index is 1.50. The minimum atomic E-state index is -0.103. The van der Waals surface area contributed by atoms with Gasteiger partial charge >= 0.3 is 0 Å². The van der Waals surface area contributed by atoms with E-state index < -0.39 is 0 Å². The third kappa shape index (κ3) is 4.43. The third-order valence-electron chi connectivity index (χ3n) is 5.21. The molecule has 3 aromatic rings. The van der Waals surface area contributed by atoms with Gasteiger partial charge in [-0.05, 0) is 49.6 Å². The Morgan fingerprint density at radius 3 is 2.97 bits per heavy atom. The number of anilines is 1. The van der Waals surface area contributed by atoms with E-state index in [1.54, 1.807) is 0 Å². The lowest BCUT2D eigenvalue weighted by Gasteiger charge is -2.16. The molecule has 0 aliphatic carbocycles. The number of para-hydroxylation sites is 2. The summed E-state index contributed by atoms with van der Waals surface area (Å²) in [5, 5.41) is 3.01. The van der Waals surface area contributed by atoms with Crippen molar-refractivity contribution < 1.29 is 14.3 Å². The van der Waals surface area contributed by atoms with E-state index in [9.17, 15) is 4.79 Å². The number of aromatic nitrogens is 2. The van der Waals surface area contributed by atoms with Gasteiger partial charge in [0.05, 0.1) is 22.8 Å². The first kappa shape index (κ1) is 19.5. The maximum Gasteiger partial charge on any atom is 0.244 e. The van der Waals surface area contributed by atoms with Crippen molar-refractivity contribution in [3.8, 4) is 5.75 Å². The number of hydrogen-bond acceptors (Lipinski definition) is 4. The fourth-order valence-electron chi connectivity index (χ4n) is 3.72. The Morgan fingerprint density at radius 2 is 2.17 bits per heavy atom. The Bertz CT molecular complexity index is 1010. The summed E-state index contributed by atoms with van der Waals surface area (Å²) in [6.07, 6.45) is 2.98. The molecule has 1 fully saturated rings. The first-order valence-electron chi connectivity index (χ1n) is 10.2. The monoisotopic (exact) mass is 393 g/mol. The van der Waals surface area contributed by atoms with E-state index in [1.807, 2.05) is 60.9 Å². The quantitative estimate of drug-likeness (QED) is 0.656. The number of benzene rings is 2. The van der Waals surface area contributed by atoms with Crippen LogP contribution in [0.5, 0.6) is 5.75 Å². The van der Waals surface area contributed by atoms with Gasteiger partial charge < -0.3 is 19.4 Å². The Kier molecular flexibility index (Phi) is 5.81. The highest BCUT2D eigenvalue weighted by atomic mass is 16.5. The van der Waals surface area contributed by atoms with Crippen LogP contribution in [0.15, 0.2) is 42.5 Å². The molecule has 1 aromatic heterocycles. The van der Waals surface area contributed by atoms with Gasteiger partial charge in [0.25, 0.3) is 0 Å². The molecule has 1 N–H and O–H groups in total. The van der Waals surface area contributed by atoms with E-state index in [0.717, 1.165) is 48.3 Å². The maximum atomic E-state index is 12.8. The van der Waals surface area contributed by atoms with Gasteiger partial charge in [0.2, 0.25) is 5.91 Å². The molecule has 0 bridgehead atoms. The molecule has 4 rings (SSSR count). The normalized spacial score (nSPS) is 16.3. The van der Waals surface area contributed by atoms with Crippen LogP contribution in [0.3, 0.4) is 0 Å². The predicted octanol–water partition coefficient (Wildman–Crippen LogP) is 4.10. The highest BCUT2D eigenvalue weighted by molar-refractivity contribution is 5.93. The molecule has 6 nitrogen and oxygen atoms in total. The minimum absolute atomic E-state index is 0.103. The third-order valence-corrected chi connectivity index (χ3v) is 5.21. The number of carbonyl (C=O) groups excluding carboxylic acids is 1. The number of amides is 1. The van der Waals surface area contributed by atoms with Gasteiger partial charge in [-0.15, -0.1) is 0 Å². The Morgan fingerprint density at radius 1 is 1.31 bits per heavy atom. The van der Waals surface area contributed by atoms with Crippen molar-refractivity contribution >= 4 is 22.6 Å². The van der Waals surface area contributed by atoms with Crippen LogP contribution in [0.2, 0.25) is 0 Å². The summed E-state index contributed by atoms with van der Waals surface area (Å²) < 4.78 is 13.6. The number of hydrogen-bond donors (Lipinski definition) is 1. The summed E-state index contributed by atoms with van der Waals surface area (Å²) in [6, 6.07) is 13.7. The number of aryl methyl sites for hydroxylation is 2. The Hall–Kier alpha value is -2.86. The molecule has 6 heteroatoms. The van der Waals surface area contributed by atoms with Gasteiger partial charge in [-0.3, -0.25) is 4.79 Å². The summed E-state index contributed by atoms with van der Waals surface area (Å²) in [5.74, 6) is 1.48. The van der Waals surface area contributed by atoms with Crippen molar-refractivity contribution in [3.63, 3.8) is 0 Å². The number of imidazole rings is 1. The number of fused-ring (bicyclic) bond motifs is 1. The zero-order chi connectivity index (χ0) is 20.2. The van der Waals surface area contributed by atoms with Crippen LogP contribution < -0.4 is 10.1 Å². The molecule has 0 radical (unpaired) electrons. The van der Waals surface area contributed by atoms with Crippen LogP contribution in [0, 0.1) is 6.92 Å². The van der Waals surface area contributed by atoms with Crippen LogP contribution in [-0.4, -0.2) is 34.8 Å². The summed E-state index contributed by atoms with van der Waals surface area (Å²) >= 11 is 0. The minimum Gasteiger partial charge on any atom is -0.489 e. The second kappa shape index (κ2) is 8.66. The summed E-state index contributed by atoms with van der Waals surface area (Å²) in [6.45, 7) is 5.56. The van der Waals surface area contributed by atoms with E-state index in [-0.39, 0.29) is 18.6 Å². The van der Waals surface area contributed by atoms with E-state index in [2.05, 4.69) is 10.3 Å². The number of nitrogens with zero attached hydrogens (tertiary/aromatic N) is 2.